The molecular formula is C12H18N2. The lowest BCUT2D eigenvalue weighted by Crippen LogP contribution is -2.37. The van der Waals surface area contributed by atoms with Crippen LogP contribution in [0.4, 0.5) is 11.4 Å². The zero-order valence-corrected chi connectivity index (χ0v) is 8.74. The molecule has 2 rings (SSSR count). The quantitative estimate of drug-likeness (QED) is 0.690. The average molecular weight is 190 g/mol. The number of nitrogens with zero attached hydrogens (tertiary/aromatic N) is 1. The van der Waals surface area contributed by atoms with Gasteiger partial charge in [-0.25, -0.2) is 0 Å². The smallest absolute Gasteiger partial charge is 0.0602 e. The van der Waals surface area contributed by atoms with Crippen LogP contribution in [0.1, 0.15) is 26.2 Å². The lowest BCUT2D eigenvalue weighted by molar-refractivity contribution is 0.485. The summed E-state index contributed by atoms with van der Waals surface area (Å²) in [5.41, 5.74) is 8.08. The zero-order valence-electron chi connectivity index (χ0n) is 8.74. The van der Waals surface area contributed by atoms with Crippen LogP contribution in [0, 0.1) is 0 Å². The summed E-state index contributed by atoms with van der Waals surface area (Å²) in [7, 11) is 0. The van der Waals surface area contributed by atoms with E-state index in [1.165, 1.54) is 24.9 Å². The molecule has 1 atom stereocenters. The van der Waals surface area contributed by atoms with Gasteiger partial charge in [-0.05, 0) is 38.3 Å². The Morgan fingerprint density at radius 2 is 2.07 bits per heavy atom. The highest BCUT2D eigenvalue weighted by Gasteiger charge is 2.19. The molecule has 1 aromatic rings. The molecule has 0 spiro atoms. The van der Waals surface area contributed by atoms with Gasteiger partial charge < -0.3 is 10.6 Å². The zero-order chi connectivity index (χ0) is 9.97. The van der Waals surface area contributed by atoms with Gasteiger partial charge in [0.1, 0.15) is 0 Å². The molecule has 14 heavy (non-hydrogen) atoms. The van der Waals surface area contributed by atoms with E-state index < -0.39 is 0 Å². The second-order valence-electron chi connectivity index (χ2n) is 4.10. The summed E-state index contributed by atoms with van der Waals surface area (Å²) in [5, 5.41) is 0. The van der Waals surface area contributed by atoms with Crippen LogP contribution in [0.2, 0.25) is 0 Å². The number of rotatable bonds is 1. The van der Waals surface area contributed by atoms with Gasteiger partial charge in [-0.2, -0.15) is 0 Å². The highest BCUT2D eigenvalue weighted by molar-refractivity contribution is 5.67. The number of nitrogens with two attached hydrogens (primary N) is 1. The summed E-state index contributed by atoms with van der Waals surface area (Å²) in [6.45, 7) is 3.43. The molecule has 0 saturated carbocycles. The van der Waals surface area contributed by atoms with E-state index in [1.54, 1.807) is 0 Å². The van der Waals surface area contributed by atoms with E-state index in [4.69, 9.17) is 5.73 Å². The Morgan fingerprint density at radius 1 is 1.29 bits per heavy atom. The van der Waals surface area contributed by atoms with Crippen LogP contribution in [0.15, 0.2) is 24.3 Å². The number of para-hydroxylation sites is 2. The summed E-state index contributed by atoms with van der Waals surface area (Å²) in [6, 6.07) is 8.79. The molecule has 0 aliphatic carbocycles. The second kappa shape index (κ2) is 3.91. The van der Waals surface area contributed by atoms with Crippen molar-refractivity contribution in [1.29, 1.82) is 0 Å². The Hall–Kier alpha value is -1.18. The standard InChI is InChI=1S/C12H18N2/c1-10-6-4-5-9-14(10)12-8-3-2-7-11(12)13/h2-3,7-8,10H,4-6,9,13H2,1H3/t10-/m0/s1. The van der Waals surface area contributed by atoms with Gasteiger partial charge >= 0.3 is 0 Å². The summed E-state index contributed by atoms with van der Waals surface area (Å²) in [5.74, 6) is 0. The molecule has 1 aliphatic rings. The first kappa shape index (κ1) is 9.38. The van der Waals surface area contributed by atoms with Gasteiger partial charge in [0.2, 0.25) is 0 Å². The molecular weight excluding hydrogens is 172 g/mol. The third kappa shape index (κ3) is 1.69. The van der Waals surface area contributed by atoms with Crippen LogP contribution >= 0.6 is 0 Å². The minimum Gasteiger partial charge on any atom is -0.397 e. The maximum absolute atomic E-state index is 5.97. The Balaban J connectivity index is 2.25. The minimum atomic E-state index is 0.633. The fourth-order valence-electron chi connectivity index (χ4n) is 2.21. The van der Waals surface area contributed by atoms with E-state index in [0.29, 0.717) is 6.04 Å². The van der Waals surface area contributed by atoms with Crippen LogP contribution in [0.25, 0.3) is 0 Å². The first-order valence-corrected chi connectivity index (χ1v) is 5.40. The van der Waals surface area contributed by atoms with Crippen LogP contribution in [-0.2, 0) is 0 Å². The topological polar surface area (TPSA) is 29.3 Å². The van der Waals surface area contributed by atoms with E-state index in [1.807, 2.05) is 12.1 Å². The Kier molecular flexibility index (Phi) is 2.62. The monoisotopic (exact) mass is 190 g/mol. The van der Waals surface area contributed by atoms with Crippen LogP contribution in [-0.4, -0.2) is 12.6 Å². The van der Waals surface area contributed by atoms with E-state index in [0.717, 1.165) is 12.2 Å². The number of hydrogen-bond donors (Lipinski definition) is 1. The first-order chi connectivity index (χ1) is 6.79. The van der Waals surface area contributed by atoms with Crippen LogP contribution < -0.4 is 10.6 Å². The summed E-state index contributed by atoms with van der Waals surface area (Å²) in [6.07, 6.45) is 3.93. The minimum absolute atomic E-state index is 0.633. The van der Waals surface area contributed by atoms with Crippen molar-refractivity contribution in [2.75, 3.05) is 17.2 Å². The molecule has 0 radical (unpaired) electrons. The van der Waals surface area contributed by atoms with E-state index in [9.17, 15) is 0 Å². The fourth-order valence-corrected chi connectivity index (χ4v) is 2.21. The van der Waals surface area contributed by atoms with E-state index >= 15 is 0 Å². The van der Waals surface area contributed by atoms with Crippen molar-refractivity contribution < 1.29 is 0 Å². The van der Waals surface area contributed by atoms with Gasteiger partial charge in [-0.3, -0.25) is 0 Å². The third-order valence-electron chi connectivity index (χ3n) is 3.05. The highest BCUT2D eigenvalue weighted by Crippen LogP contribution is 2.28. The van der Waals surface area contributed by atoms with Gasteiger partial charge in [-0.15, -0.1) is 0 Å². The largest absolute Gasteiger partial charge is 0.397 e. The summed E-state index contributed by atoms with van der Waals surface area (Å²) >= 11 is 0. The maximum Gasteiger partial charge on any atom is 0.0602 e. The van der Waals surface area contributed by atoms with Crippen molar-refractivity contribution in [2.24, 2.45) is 0 Å². The normalized spacial score (nSPS) is 22.4. The molecule has 76 valence electrons. The van der Waals surface area contributed by atoms with Crippen molar-refractivity contribution in [3.63, 3.8) is 0 Å². The summed E-state index contributed by atoms with van der Waals surface area (Å²) in [4.78, 5) is 2.43. The van der Waals surface area contributed by atoms with Gasteiger partial charge in [0, 0.05) is 12.6 Å². The Labute approximate surface area is 85.7 Å². The summed E-state index contributed by atoms with van der Waals surface area (Å²) < 4.78 is 0. The SMILES string of the molecule is C[C@H]1CCCCN1c1ccccc1N. The van der Waals surface area contributed by atoms with Crippen molar-refractivity contribution in [3.05, 3.63) is 24.3 Å². The molecule has 1 aliphatic heterocycles. The van der Waals surface area contributed by atoms with E-state index in [-0.39, 0.29) is 0 Å². The molecule has 1 aromatic carbocycles. The van der Waals surface area contributed by atoms with Crippen LogP contribution in [0.5, 0.6) is 0 Å². The number of nitrogen functional groups attached to an aromatic ring is 1. The molecule has 1 fully saturated rings. The number of piperidine rings is 1. The van der Waals surface area contributed by atoms with Crippen LogP contribution in [0.3, 0.4) is 0 Å². The Bertz CT molecular complexity index is 309. The molecule has 0 unspecified atom stereocenters. The highest BCUT2D eigenvalue weighted by atomic mass is 15.2. The molecule has 0 aromatic heterocycles. The predicted octanol–water partition coefficient (Wildman–Crippen LogP) is 2.65. The predicted molar refractivity (Wildman–Crippen MR) is 61.5 cm³/mol. The number of anilines is 2. The van der Waals surface area contributed by atoms with Crippen molar-refractivity contribution in [1.82, 2.24) is 0 Å². The van der Waals surface area contributed by atoms with Crippen molar-refractivity contribution in [3.8, 4) is 0 Å². The molecule has 2 nitrogen and oxygen atoms in total. The molecule has 1 saturated heterocycles. The van der Waals surface area contributed by atoms with Gasteiger partial charge in [0.05, 0.1) is 11.4 Å². The average Bonchev–Trinajstić information content (AvgIpc) is 2.20. The third-order valence-corrected chi connectivity index (χ3v) is 3.05. The fraction of sp³-hybridized carbons (Fsp3) is 0.500. The Morgan fingerprint density at radius 3 is 2.79 bits per heavy atom. The first-order valence-electron chi connectivity index (χ1n) is 5.40. The lowest BCUT2D eigenvalue weighted by atomic mass is 10.0. The lowest BCUT2D eigenvalue weighted by Gasteiger charge is -2.36. The number of hydrogen-bond acceptors (Lipinski definition) is 2. The maximum atomic E-state index is 5.97. The van der Waals surface area contributed by atoms with E-state index in [2.05, 4.69) is 24.0 Å². The van der Waals surface area contributed by atoms with Gasteiger partial charge in [-0.1, -0.05) is 12.1 Å². The van der Waals surface area contributed by atoms with Gasteiger partial charge in [0.15, 0.2) is 0 Å². The molecule has 1 heterocycles. The number of benzene rings is 1. The molecule has 2 N–H and O–H groups in total. The van der Waals surface area contributed by atoms with Crippen molar-refractivity contribution in [2.45, 2.75) is 32.2 Å². The second-order valence-corrected chi connectivity index (χ2v) is 4.10. The molecule has 2 heteroatoms. The van der Waals surface area contributed by atoms with Crippen molar-refractivity contribution >= 4 is 11.4 Å². The van der Waals surface area contributed by atoms with Gasteiger partial charge in [0.25, 0.3) is 0 Å². The molecule has 0 bridgehead atoms. The molecule has 0 amide bonds.